The molecule has 0 unspecified atom stereocenters. The van der Waals surface area contributed by atoms with Crippen LogP contribution in [-0.4, -0.2) is 15.8 Å². The van der Waals surface area contributed by atoms with E-state index < -0.39 is 23.0 Å². The maximum absolute atomic E-state index is 12.5. The summed E-state index contributed by atoms with van der Waals surface area (Å²) < 4.78 is 90.4. The molecule has 0 spiro atoms. The minimum Gasteiger partial charge on any atom is -0.453 e. The standard InChI is InChI=1S/C138H105BN6O2/c1-136(2,3)100-78-109(96-50-34-46-92(74-96)88-38-14-10-15-39-88)134(110(79-100)97-51-35-47-93(75-97)89-40-16-11-17-41-89)144-125-86-105(140-117-56-24-22-54-107(117)113-84-103(68-72-119(113)140)142-121-58-26-30-62-129(121)146-130-63-31-27-59-122(130)142)66-70-115(125)139-116-71-67-106(141-118-57-25-23-55-108(118)114-85-104(69-73-120(114)141)143-123-60-28-32-64-131(123)147-132-65-33-29-61-124(132)143)87-126(116)145(128-83-102(138(7,8)9)82-127(144)133(128)139)135-111(98-52-36-48-94(76-98)90-42-18-12-19-43-90)80-101(137(4,5)6)81-112(135)99-53-37-49-95(77-99)91-44-20-13-21-45-91/h10-87H,1-9H3/i66D,67D,70D,71D,86D,87D. The Morgan fingerprint density at radius 1 is 0.211 bits per heavy atom. The zero-order valence-electron chi connectivity index (χ0n) is 89.1. The molecule has 6 heterocycles. The number of para-hydroxylation sites is 10. The Morgan fingerprint density at radius 2 is 0.483 bits per heavy atom. The van der Waals surface area contributed by atoms with Gasteiger partial charge in [-0.25, -0.2) is 0 Å². The number of benzene rings is 21. The van der Waals surface area contributed by atoms with E-state index in [0.29, 0.717) is 84.7 Å². The molecular formula is C138H105BN6O2. The highest BCUT2D eigenvalue weighted by Gasteiger charge is 2.48. The van der Waals surface area contributed by atoms with Crippen LogP contribution < -0.4 is 45.5 Å². The van der Waals surface area contributed by atoms with Gasteiger partial charge in [0.15, 0.2) is 23.0 Å². The highest BCUT2D eigenvalue weighted by atomic mass is 16.5. The topological polar surface area (TPSA) is 41.3 Å². The van der Waals surface area contributed by atoms with Gasteiger partial charge in [0.2, 0.25) is 0 Å². The number of ether oxygens (including phenoxy) is 2. The van der Waals surface area contributed by atoms with E-state index in [1.807, 2.05) is 97.1 Å². The fourth-order valence-electron chi connectivity index (χ4n) is 22.8. The number of nitrogens with zero attached hydrogens (tertiary/aromatic N) is 6. The number of anilines is 12. The fraction of sp³-hybridized carbons (Fsp3) is 0.0870. The van der Waals surface area contributed by atoms with Crippen LogP contribution in [0.3, 0.4) is 0 Å². The summed E-state index contributed by atoms with van der Waals surface area (Å²) in [5.41, 5.74) is 28.9. The molecule has 0 bridgehead atoms. The summed E-state index contributed by atoms with van der Waals surface area (Å²) in [6.45, 7) is 19.1. The Labute approximate surface area is 867 Å². The monoisotopic (exact) mass is 1890 g/mol. The first-order chi connectivity index (χ1) is 74.3. The maximum atomic E-state index is 12.5. The smallest absolute Gasteiger partial charge is 0.252 e. The van der Waals surface area contributed by atoms with E-state index in [2.05, 4.69) is 431 Å². The van der Waals surface area contributed by atoms with Crippen LogP contribution in [0.25, 0.3) is 144 Å². The van der Waals surface area contributed by atoms with Gasteiger partial charge in [0.05, 0.1) is 64.4 Å². The molecule has 8 nitrogen and oxygen atoms in total. The van der Waals surface area contributed by atoms with Crippen LogP contribution in [0.2, 0.25) is 0 Å². The van der Waals surface area contributed by atoms with Crippen LogP contribution in [0.15, 0.2) is 473 Å². The molecule has 9 heteroatoms. The molecule has 0 radical (unpaired) electrons. The van der Waals surface area contributed by atoms with Crippen molar-refractivity contribution >= 4 is 135 Å². The minimum atomic E-state index is -1.29. The van der Waals surface area contributed by atoms with Crippen LogP contribution in [-0.2, 0) is 16.2 Å². The molecule has 27 rings (SSSR count). The third-order valence-electron chi connectivity index (χ3n) is 30.1. The van der Waals surface area contributed by atoms with Gasteiger partial charge in [-0.1, -0.05) is 353 Å². The second kappa shape index (κ2) is 34.4. The predicted octanol–water partition coefficient (Wildman–Crippen LogP) is 36.3. The fourth-order valence-corrected chi connectivity index (χ4v) is 22.8. The van der Waals surface area contributed by atoms with Crippen molar-refractivity contribution < 1.29 is 17.7 Å². The van der Waals surface area contributed by atoms with Crippen molar-refractivity contribution in [3.63, 3.8) is 0 Å². The summed E-state index contributed by atoms with van der Waals surface area (Å²) in [4.78, 5) is 9.13. The van der Waals surface area contributed by atoms with Gasteiger partial charge in [0, 0.05) is 89.3 Å². The highest BCUT2D eigenvalue weighted by Crippen LogP contribution is 2.60. The second-order valence-corrected chi connectivity index (χ2v) is 42.2. The number of fused-ring (bicyclic) bond motifs is 14. The van der Waals surface area contributed by atoms with Crippen LogP contribution in [0.5, 0.6) is 23.0 Å². The lowest BCUT2D eigenvalue weighted by Crippen LogP contribution is -2.61. The Kier molecular flexibility index (Phi) is 19.1. The lowest BCUT2D eigenvalue weighted by Gasteiger charge is -2.47. The van der Waals surface area contributed by atoms with Gasteiger partial charge in [0.25, 0.3) is 6.71 Å². The molecule has 4 aliphatic rings. The summed E-state index contributed by atoms with van der Waals surface area (Å²) in [6.07, 6.45) is 0. The minimum absolute atomic E-state index is 0.0630. The van der Waals surface area contributed by atoms with E-state index in [1.54, 1.807) is 0 Å². The van der Waals surface area contributed by atoms with Crippen molar-refractivity contribution in [2.24, 2.45) is 0 Å². The third kappa shape index (κ3) is 14.9. The average Bonchev–Trinajstić information content (AvgIpc) is 1.59. The first-order valence-electron chi connectivity index (χ1n) is 53.8. The SMILES string of the molecule is [2H]c1c([2H])c(-n2c3ccccc3c3cc(N4c5ccccc5Oc5ccccc54)ccc32)c([2H])c2c1B1c3c(cc(C(C)(C)C)cc3N(c3c(-c4cccc(-c5ccccc5)c4)cc(C(C)(C)C)cc3-c3cccc(-c4ccccc4)c3)c3c([2H])c(-n4c5ccccc5c5cc(N6c7ccccc7Oc7ccccc76)ccc54)c([2H])c([2H])c31)N2c1c(-c2cccc(-c3ccccc3)c2)cc(C(C)(C)C)cc1-c1cccc(-c2ccccc2)c1. The van der Waals surface area contributed by atoms with E-state index in [-0.39, 0.29) is 58.6 Å². The molecule has 21 aromatic carbocycles. The number of hydrogen-bond donors (Lipinski definition) is 0. The lowest BCUT2D eigenvalue weighted by molar-refractivity contribution is 0.477. The molecule has 0 N–H and O–H groups in total. The van der Waals surface area contributed by atoms with Gasteiger partial charge >= 0.3 is 0 Å². The molecule has 0 aliphatic carbocycles. The Bertz CT molecular complexity index is 8840. The van der Waals surface area contributed by atoms with Crippen molar-refractivity contribution in [3.05, 3.63) is 490 Å². The third-order valence-corrected chi connectivity index (χ3v) is 30.1. The molecule has 0 atom stereocenters. The Morgan fingerprint density at radius 3 is 0.803 bits per heavy atom. The van der Waals surface area contributed by atoms with E-state index >= 15 is 0 Å². The molecule has 147 heavy (non-hydrogen) atoms. The molecule has 4 aliphatic heterocycles. The van der Waals surface area contributed by atoms with Gasteiger partial charge < -0.3 is 38.2 Å². The molecule has 702 valence electrons. The van der Waals surface area contributed by atoms with Crippen LogP contribution >= 0.6 is 0 Å². The quantitative estimate of drug-likeness (QED) is 0.101. The normalized spacial score (nSPS) is 13.5. The molecule has 0 saturated carbocycles. The molecular weight excluding hydrogens is 1780 g/mol. The number of aromatic nitrogens is 2. The largest absolute Gasteiger partial charge is 0.453 e. The highest BCUT2D eigenvalue weighted by molar-refractivity contribution is 7.00. The van der Waals surface area contributed by atoms with Crippen molar-refractivity contribution in [2.75, 3.05) is 19.6 Å². The number of rotatable bonds is 14. The van der Waals surface area contributed by atoms with Crippen LogP contribution in [0, 0.1) is 0 Å². The van der Waals surface area contributed by atoms with Gasteiger partial charge in [-0.3, -0.25) is 0 Å². The lowest BCUT2D eigenvalue weighted by atomic mass is 9.33. The van der Waals surface area contributed by atoms with Gasteiger partial charge in [-0.15, -0.1) is 0 Å². The van der Waals surface area contributed by atoms with Crippen molar-refractivity contribution in [2.45, 2.75) is 78.6 Å². The molecule has 23 aromatic rings. The predicted molar refractivity (Wildman–Crippen MR) is 618 cm³/mol. The number of hydrogen-bond acceptors (Lipinski definition) is 6. The maximum Gasteiger partial charge on any atom is 0.252 e. The summed E-state index contributed by atoms with van der Waals surface area (Å²) in [6, 6.07) is 152. The zero-order chi connectivity index (χ0) is 104. The van der Waals surface area contributed by atoms with Crippen molar-refractivity contribution in [1.29, 1.82) is 0 Å². The molecule has 0 amide bonds. The van der Waals surface area contributed by atoms with Gasteiger partial charge in [-0.2, -0.15) is 0 Å². The first kappa shape index (κ1) is 81.6. The summed E-state index contributed by atoms with van der Waals surface area (Å²) in [7, 11) is 0. The van der Waals surface area contributed by atoms with E-state index in [1.165, 1.54) is 0 Å². The molecule has 0 saturated heterocycles. The molecule has 2 aromatic heterocycles. The average molecular weight is 1900 g/mol. The van der Waals surface area contributed by atoms with Crippen LogP contribution in [0.1, 0.15) is 87.2 Å². The second-order valence-electron chi connectivity index (χ2n) is 42.2. The van der Waals surface area contributed by atoms with E-state index in [9.17, 15) is 8.22 Å². The zero-order valence-corrected chi connectivity index (χ0v) is 83.1. The van der Waals surface area contributed by atoms with Crippen LogP contribution in [0.4, 0.5) is 68.2 Å². The van der Waals surface area contributed by atoms with Crippen molar-refractivity contribution in [1.82, 2.24) is 9.13 Å². The van der Waals surface area contributed by atoms with Crippen molar-refractivity contribution in [3.8, 4) is 123 Å². The van der Waals surface area contributed by atoms with Gasteiger partial charge in [0.1, 0.15) is 0 Å². The Hall–Kier alpha value is -17.9. The van der Waals surface area contributed by atoms with Gasteiger partial charge in [-0.05, 0) is 298 Å². The summed E-state index contributed by atoms with van der Waals surface area (Å²) >= 11 is 0. The van der Waals surface area contributed by atoms with E-state index in [4.69, 9.17) is 9.47 Å². The first-order valence-corrected chi connectivity index (χ1v) is 50.8. The summed E-state index contributed by atoms with van der Waals surface area (Å²) in [5, 5.41) is 3.42. The summed E-state index contributed by atoms with van der Waals surface area (Å²) in [5.74, 6) is 2.82. The molecule has 0 fully saturated rings. The Balaban J connectivity index is 0.829. The van der Waals surface area contributed by atoms with E-state index in [0.717, 1.165) is 161 Å².